The van der Waals surface area contributed by atoms with Gasteiger partial charge in [0.2, 0.25) is 5.91 Å². The van der Waals surface area contributed by atoms with Gasteiger partial charge in [-0.1, -0.05) is 19.1 Å². The van der Waals surface area contributed by atoms with Gasteiger partial charge in [-0.05, 0) is 50.9 Å². The highest BCUT2D eigenvalue weighted by atomic mass is 16.5. The van der Waals surface area contributed by atoms with E-state index in [4.69, 9.17) is 4.74 Å². The van der Waals surface area contributed by atoms with Gasteiger partial charge in [0.15, 0.2) is 0 Å². The highest BCUT2D eigenvalue weighted by Gasteiger charge is 2.30. The van der Waals surface area contributed by atoms with E-state index >= 15 is 0 Å². The number of amides is 1. The Hall–Kier alpha value is -1.55. The molecule has 1 aliphatic rings. The fourth-order valence-corrected chi connectivity index (χ4v) is 2.67. The number of nitrogens with one attached hydrogen (secondary N) is 2. The Balaban J connectivity index is 1.93. The van der Waals surface area contributed by atoms with E-state index in [0.29, 0.717) is 5.92 Å². The van der Waals surface area contributed by atoms with Crippen LogP contribution in [0.1, 0.15) is 39.3 Å². The molecule has 1 saturated heterocycles. The molecular weight excluding hydrogens is 264 g/mol. The smallest absolute Gasteiger partial charge is 0.225 e. The zero-order valence-electron chi connectivity index (χ0n) is 13.3. The van der Waals surface area contributed by atoms with Crippen molar-refractivity contribution in [2.24, 2.45) is 11.8 Å². The highest BCUT2D eigenvalue weighted by Crippen LogP contribution is 2.21. The molecule has 1 fully saturated rings. The number of hydrogen-bond donors (Lipinski definition) is 2. The van der Waals surface area contributed by atoms with Gasteiger partial charge in [-0.2, -0.15) is 0 Å². The van der Waals surface area contributed by atoms with Crippen LogP contribution in [0.4, 0.5) is 0 Å². The van der Waals surface area contributed by atoms with Crippen LogP contribution in [-0.2, 0) is 4.79 Å². The average Bonchev–Trinajstić information content (AvgIpc) is 2.85. The first-order valence-corrected chi connectivity index (χ1v) is 7.75. The number of carbonyl (C=O) groups excluding carboxylic acids is 1. The van der Waals surface area contributed by atoms with Gasteiger partial charge in [0.25, 0.3) is 0 Å². The Kier molecular flexibility index (Phi) is 5.23. The Morgan fingerprint density at radius 3 is 2.43 bits per heavy atom. The van der Waals surface area contributed by atoms with Gasteiger partial charge >= 0.3 is 0 Å². The molecule has 1 heterocycles. The van der Waals surface area contributed by atoms with Crippen molar-refractivity contribution < 1.29 is 9.53 Å². The summed E-state index contributed by atoms with van der Waals surface area (Å²) in [5, 5.41) is 6.37. The summed E-state index contributed by atoms with van der Waals surface area (Å²) in [6, 6.07) is 7.95. The lowest BCUT2D eigenvalue weighted by Crippen LogP contribution is -2.35. The topological polar surface area (TPSA) is 50.4 Å². The van der Waals surface area contributed by atoms with Crippen molar-refractivity contribution in [2.45, 2.75) is 39.8 Å². The van der Waals surface area contributed by atoms with E-state index in [2.05, 4.69) is 17.6 Å². The van der Waals surface area contributed by atoms with Crippen LogP contribution in [0.15, 0.2) is 24.3 Å². The number of benzene rings is 1. The van der Waals surface area contributed by atoms with Gasteiger partial charge in [-0.25, -0.2) is 0 Å². The zero-order valence-corrected chi connectivity index (χ0v) is 13.3. The van der Waals surface area contributed by atoms with Crippen LogP contribution in [0, 0.1) is 11.8 Å². The molecule has 4 nitrogen and oxygen atoms in total. The maximum Gasteiger partial charge on any atom is 0.225 e. The van der Waals surface area contributed by atoms with Crippen molar-refractivity contribution in [2.75, 3.05) is 13.1 Å². The van der Waals surface area contributed by atoms with Crippen molar-refractivity contribution in [1.82, 2.24) is 10.6 Å². The highest BCUT2D eigenvalue weighted by molar-refractivity contribution is 5.80. The summed E-state index contributed by atoms with van der Waals surface area (Å²) in [6.07, 6.45) is 0.171. The molecule has 1 aliphatic heterocycles. The van der Waals surface area contributed by atoms with Crippen molar-refractivity contribution in [3.8, 4) is 5.75 Å². The van der Waals surface area contributed by atoms with E-state index in [-0.39, 0.29) is 24.0 Å². The minimum atomic E-state index is 0.0124. The van der Waals surface area contributed by atoms with Crippen LogP contribution in [0.3, 0.4) is 0 Å². The molecule has 3 unspecified atom stereocenters. The van der Waals surface area contributed by atoms with E-state index < -0.39 is 0 Å². The van der Waals surface area contributed by atoms with Crippen LogP contribution in [0.2, 0.25) is 0 Å². The third-order valence-corrected chi connectivity index (χ3v) is 3.96. The number of ether oxygens (including phenoxy) is 1. The molecule has 0 spiro atoms. The number of rotatable bonds is 5. The number of carbonyl (C=O) groups is 1. The summed E-state index contributed by atoms with van der Waals surface area (Å²) in [4.78, 5) is 12.3. The van der Waals surface area contributed by atoms with Gasteiger partial charge in [-0.15, -0.1) is 0 Å². The van der Waals surface area contributed by atoms with Crippen LogP contribution in [0.25, 0.3) is 0 Å². The summed E-state index contributed by atoms with van der Waals surface area (Å²) in [5.74, 6) is 1.48. The molecule has 116 valence electrons. The quantitative estimate of drug-likeness (QED) is 0.876. The van der Waals surface area contributed by atoms with Gasteiger partial charge < -0.3 is 15.4 Å². The SMILES string of the molecule is CC(C)Oc1ccc(C(C)NC(=O)C2CNCC2C)cc1. The maximum atomic E-state index is 12.3. The largest absolute Gasteiger partial charge is 0.491 e. The molecular formula is C17H26N2O2. The van der Waals surface area contributed by atoms with Crippen LogP contribution in [0.5, 0.6) is 5.75 Å². The van der Waals surface area contributed by atoms with E-state index in [0.717, 1.165) is 24.4 Å². The van der Waals surface area contributed by atoms with Gasteiger partial charge in [0.05, 0.1) is 18.1 Å². The van der Waals surface area contributed by atoms with Crippen LogP contribution < -0.4 is 15.4 Å². The van der Waals surface area contributed by atoms with Gasteiger partial charge in [-0.3, -0.25) is 4.79 Å². The van der Waals surface area contributed by atoms with Crippen molar-refractivity contribution in [1.29, 1.82) is 0 Å². The molecule has 1 aromatic carbocycles. The van der Waals surface area contributed by atoms with E-state index in [9.17, 15) is 4.79 Å². The van der Waals surface area contributed by atoms with E-state index in [1.54, 1.807) is 0 Å². The fraction of sp³-hybridized carbons (Fsp3) is 0.588. The monoisotopic (exact) mass is 290 g/mol. The van der Waals surface area contributed by atoms with Gasteiger partial charge in [0.1, 0.15) is 5.75 Å². The molecule has 0 radical (unpaired) electrons. The molecule has 1 aromatic rings. The lowest BCUT2D eigenvalue weighted by Gasteiger charge is -2.19. The first-order chi connectivity index (χ1) is 9.97. The summed E-state index contributed by atoms with van der Waals surface area (Å²) in [6.45, 7) is 9.85. The summed E-state index contributed by atoms with van der Waals surface area (Å²) >= 11 is 0. The van der Waals surface area contributed by atoms with Crippen molar-refractivity contribution >= 4 is 5.91 Å². The maximum absolute atomic E-state index is 12.3. The van der Waals surface area contributed by atoms with Crippen molar-refractivity contribution in [3.05, 3.63) is 29.8 Å². The number of hydrogen-bond acceptors (Lipinski definition) is 3. The molecule has 4 heteroatoms. The molecule has 2 N–H and O–H groups in total. The predicted octanol–water partition coefficient (Wildman–Crippen LogP) is 2.51. The fourth-order valence-electron chi connectivity index (χ4n) is 2.67. The van der Waals surface area contributed by atoms with Crippen LogP contribution >= 0.6 is 0 Å². The Morgan fingerprint density at radius 1 is 1.24 bits per heavy atom. The molecule has 0 bridgehead atoms. The summed E-state index contributed by atoms with van der Waals surface area (Å²) < 4.78 is 5.63. The molecule has 0 aromatic heterocycles. The lowest BCUT2D eigenvalue weighted by atomic mass is 9.96. The lowest BCUT2D eigenvalue weighted by molar-refractivity contribution is -0.126. The molecule has 21 heavy (non-hydrogen) atoms. The molecule has 0 saturated carbocycles. The molecule has 2 rings (SSSR count). The van der Waals surface area contributed by atoms with Crippen LogP contribution in [-0.4, -0.2) is 25.1 Å². The third kappa shape index (κ3) is 4.21. The Labute approximate surface area is 127 Å². The second-order valence-electron chi connectivity index (χ2n) is 6.21. The normalized spacial score (nSPS) is 23.1. The van der Waals surface area contributed by atoms with E-state index in [1.807, 2.05) is 45.0 Å². The molecule has 0 aliphatic carbocycles. The first kappa shape index (κ1) is 15.8. The second-order valence-corrected chi connectivity index (χ2v) is 6.21. The minimum absolute atomic E-state index is 0.0124. The third-order valence-electron chi connectivity index (χ3n) is 3.96. The second kappa shape index (κ2) is 6.94. The summed E-state index contributed by atoms with van der Waals surface area (Å²) in [7, 11) is 0. The van der Waals surface area contributed by atoms with E-state index in [1.165, 1.54) is 0 Å². The molecule has 1 amide bonds. The predicted molar refractivity (Wildman–Crippen MR) is 84.3 cm³/mol. The zero-order chi connectivity index (χ0) is 15.4. The minimum Gasteiger partial charge on any atom is -0.491 e. The van der Waals surface area contributed by atoms with Crippen molar-refractivity contribution in [3.63, 3.8) is 0 Å². The summed E-state index contributed by atoms with van der Waals surface area (Å²) in [5.41, 5.74) is 1.10. The Morgan fingerprint density at radius 2 is 1.90 bits per heavy atom. The average molecular weight is 290 g/mol. The first-order valence-electron chi connectivity index (χ1n) is 7.75. The Bertz CT molecular complexity index is 470. The van der Waals surface area contributed by atoms with Gasteiger partial charge in [0, 0.05) is 6.54 Å². The molecule has 3 atom stereocenters. The standard InChI is InChI=1S/C17H26N2O2/c1-11(2)21-15-7-5-14(6-8-15)13(4)19-17(20)16-10-18-9-12(16)3/h5-8,11-13,16,18H,9-10H2,1-4H3,(H,19,20).